The molecule has 2 fully saturated rings. The smallest absolute Gasteiger partial charge is 0.317 e. The molecule has 3 rings (SSSR count). The maximum Gasteiger partial charge on any atom is 0.317 e. The molecule has 5 heteroatoms. The van der Waals surface area contributed by atoms with Crippen LogP contribution in [-0.4, -0.2) is 42.8 Å². The molecule has 0 spiro atoms. The molecule has 2 atom stereocenters. The first-order chi connectivity index (χ1) is 11.5. The van der Waals surface area contributed by atoms with E-state index in [4.69, 9.17) is 4.74 Å². The number of carbonyl (C=O) groups excluding carboxylic acids is 1. The van der Waals surface area contributed by atoms with Gasteiger partial charge in [0, 0.05) is 18.5 Å². The Morgan fingerprint density at radius 3 is 2.71 bits per heavy atom. The zero-order chi connectivity index (χ0) is 17.2. The first-order valence-corrected chi connectivity index (χ1v) is 8.85. The number of likely N-dealkylation sites (tertiary alicyclic amines) is 1. The summed E-state index contributed by atoms with van der Waals surface area (Å²) in [6.07, 6.45) is 4.23. The van der Waals surface area contributed by atoms with Gasteiger partial charge in [-0.1, -0.05) is 19.1 Å². The van der Waals surface area contributed by atoms with Crippen molar-refractivity contribution in [3.63, 3.8) is 0 Å². The zero-order valence-electron chi connectivity index (χ0n) is 14.6. The Labute approximate surface area is 144 Å². The lowest BCUT2D eigenvalue weighted by atomic mass is 9.83. The fourth-order valence-electron chi connectivity index (χ4n) is 3.56. The molecule has 0 aromatic heterocycles. The van der Waals surface area contributed by atoms with Crippen LogP contribution in [-0.2, 0) is 0 Å². The lowest BCUT2D eigenvalue weighted by molar-refractivity contribution is 0.0606. The summed E-state index contributed by atoms with van der Waals surface area (Å²) < 4.78 is 5.22. The van der Waals surface area contributed by atoms with Crippen molar-refractivity contribution in [1.29, 1.82) is 0 Å². The molecular weight excluding hydrogens is 304 g/mol. The van der Waals surface area contributed by atoms with Gasteiger partial charge < -0.3 is 20.1 Å². The molecule has 132 valence electrons. The predicted molar refractivity (Wildman–Crippen MR) is 93.0 cm³/mol. The summed E-state index contributed by atoms with van der Waals surface area (Å²) in [6.45, 7) is 3.56. The largest absolute Gasteiger partial charge is 0.497 e. The van der Waals surface area contributed by atoms with Gasteiger partial charge in [0.05, 0.1) is 19.8 Å². The Bertz CT molecular complexity index is 570. The average Bonchev–Trinajstić information content (AvgIpc) is 3.44. The second-order valence-electron chi connectivity index (χ2n) is 7.53. The summed E-state index contributed by atoms with van der Waals surface area (Å²) >= 11 is 0. The van der Waals surface area contributed by atoms with Gasteiger partial charge in [-0.2, -0.15) is 0 Å². The molecule has 1 aliphatic heterocycles. The van der Waals surface area contributed by atoms with Gasteiger partial charge in [0.15, 0.2) is 0 Å². The number of nitrogens with one attached hydrogen (secondary N) is 1. The molecule has 1 heterocycles. The van der Waals surface area contributed by atoms with Crippen molar-refractivity contribution in [2.24, 2.45) is 11.3 Å². The number of piperidine rings is 1. The second-order valence-corrected chi connectivity index (χ2v) is 7.53. The number of hydrogen-bond acceptors (Lipinski definition) is 3. The van der Waals surface area contributed by atoms with Crippen LogP contribution in [0.1, 0.15) is 44.2 Å². The number of hydrogen-bond donors (Lipinski definition) is 2. The number of benzene rings is 1. The van der Waals surface area contributed by atoms with Crippen LogP contribution in [0.15, 0.2) is 24.3 Å². The van der Waals surface area contributed by atoms with E-state index < -0.39 is 0 Å². The minimum absolute atomic E-state index is 0.0120. The summed E-state index contributed by atoms with van der Waals surface area (Å²) in [5.41, 5.74) is 0.957. The predicted octanol–water partition coefficient (Wildman–Crippen LogP) is 2.95. The van der Waals surface area contributed by atoms with Crippen LogP contribution in [0.3, 0.4) is 0 Å². The van der Waals surface area contributed by atoms with Gasteiger partial charge >= 0.3 is 6.03 Å². The Morgan fingerprint density at radius 1 is 1.42 bits per heavy atom. The average molecular weight is 332 g/mol. The van der Waals surface area contributed by atoms with Crippen molar-refractivity contribution in [3.05, 3.63) is 29.8 Å². The number of methoxy groups -OCH3 is 1. The highest BCUT2D eigenvalue weighted by Gasteiger charge is 2.37. The van der Waals surface area contributed by atoms with E-state index in [1.54, 1.807) is 7.11 Å². The number of rotatable bonds is 5. The number of carbonyl (C=O) groups is 1. The lowest BCUT2D eigenvalue weighted by Crippen LogP contribution is -2.50. The molecule has 1 saturated heterocycles. The Hall–Kier alpha value is -1.75. The maximum atomic E-state index is 12.7. The van der Waals surface area contributed by atoms with Crippen LogP contribution in [0.25, 0.3) is 0 Å². The van der Waals surface area contributed by atoms with Gasteiger partial charge in [-0.25, -0.2) is 4.79 Å². The number of aliphatic hydroxyl groups is 1. The zero-order valence-corrected chi connectivity index (χ0v) is 14.6. The fourth-order valence-corrected chi connectivity index (χ4v) is 3.56. The van der Waals surface area contributed by atoms with Gasteiger partial charge in [-0.15, -0.1) is 0 Å². The van der Waals surface area contributed by atoms with E-state index in [-0.39, 0.29) is 24.1 Å². The summed E-state index contributed by atoms with van der Waals surface area (Å²) in [4.78, 5) is 14.6. The van der Waals surface area contributed by atoms with Gasteiger partial charge in [-0.05, 0) is 49.3 Å². The van der Waals surface area contributed by atoms with Gasteiger partial charge in [-0.3, -0.25) is 0 Å². The summed E-state index contributed by atoms with van der Waals surface area (Å²) in [6, 6.07) is 8.01. The highest BCUT2D eigenvalue weighted by atomic mass is 16.5. The first kappa shape index (κ1) is 17.1. The van der Waals surface area contributed by atoms with Crippen molar-refractivity contribution in [2.45, 2.75) is 38.6 Å². The van der Waals surface area contributed by atoms with E-state index in [1.807, 2.05) is 36.1 Å². The molecule has 2 aliphatic rings. The minimum atomic E-state index is -0.176. The molecule has 2 unspecified atom stereocenters. The highest BCUT2D eigenvalue weighted by Crippen LogP contribution is 2.41. The van der Waals surface area contributed by atoms with E-state index in [1.165, 1.54) is 0 Å². The van der Waals surface area contributed by atoms with Crippen LogP contribution in [0.4, 0.5) is 4.79 Å². The van der Waals surface area contributed by atoms with E-state index in [9.17, 15) is 9.90 Å². The minimum Gasteiger partial charge on any atom is -0.497 e. The normalized spacial score (nSPS) is 25.2. The Balaban J connectivity index is 1.68. The molecule has 1 aromatic rings. The molecule has 0 bridgehead atoms. The molecule has 2 amide bonds. The fraction of sp³-hybridized carbons (Fsp3) is 0.632. The third-order valence-corrected chi connectivity index (χ3v) is 5.30. The molecule has 0 radical (unpaired) electrons. The van der Waals surface area contributed by atoms with E-state index in [2.05, 4.69) is 5.32 Å². The van der Waals surface area contributed by atoms with Crippen LogP contribution in [0, 0.1) is 11.3 Å². The van der Waals surface area contributed by atoms with Crippen molar-refractivity contribution >= 4 is 6.03 Å². The monoisotopic (exact) mass is 332 g/mol. The van der Waals surface area contributed by atoms with Crippen LogP contribution < -0.4 is 10.1 Å². The third kappa shape index (κ3) is 3.83. The summed E-state index contributed by atoms with van der Waals surface area (Å²) in [7, 11) is 1.66. The van der Waals surface area contributed by atoms with Gasteiger partial charge in [0.25, 0.3) is 0 Å². The van der Waals surface area contributed by atoms with Crippen molar-refractivity contribution in [2.75, 3.05) is 26.8 Å². The quantitative estimate of drug-likeness (QED) is 0.871. The van der Waals surface area contributed by atoms with Gasteiger partial charge in [0.2, 0.25) is 0 Å². The molecule has 24 heavy (non-hydrogen) atoms. The lowest BCUT2D eigenvalue weighted by Gasteiger charge is -2.39. The molecular formula is C19H28N2O3. The maximum absolute atomic E-state index is 12.7. The SMILES string of the molecule is COc1ccc(C(NC(=O)N2CCCC(C)(CO)C2)C2CC2)cc1. The van der Waals surface area contributed by atoms with Crippen molar-refractivity contribution < 1.29 is 14.6 Å². The molecule has 2 N–H and O–H groups in total. The number of urea groups is 1. The summed E-state index contributed by atoms with van der Waals surface area (Å²) in [5, 5.41) is 12.8. The molecule has 1 aromatic carbocycles. The number of amides is 2. The highest BCUT2D eigenvalue weighted by molar-refractivity contribution is 5.75. The van der Waals surface area contributed by atoms with E-state index in [0.29, 0.717) is 12.5 Å². The van der Waals surface area contributed by atoms with E-state index in [0.717, 1.165) is 43.5 Å². The Morgan fingerprint density at radius 2 is 2.12 bits per heavy atom. The number of ether oxygens (including phenoxy) is 1. The van der Waals surface area contributed by atoms with Crippen LogP contribution >= 0.6 is 0 Å². The topological polar surface area (TPSA) is 61.8 Å². The molecule has 1 aliphatic carbocycles. The van der Waals surface area contributed by atoms with Gasteiger partial charge in [0.1, 0.15) is 5.75 Å². The van der Waals surface area contributed by atoms with Crippen molar-refractivity contribution in [1.82, 2.24) is 10.2 Å². The Kier molecular flexibility index (Phi) is 4.99. The third-order valence-electron chi connectivity index (χ3n) is 5.30. The standard InChI is InChI=1S/C19H28N2O3/c1-19(13-22)10-3-11-21(12-19)18(23)20-17(14-4-5-14)15-6-8-16(24-2)9-7-15/h6-9,14,17,22H,3-5,10-13H2,1-2H3,(H,20,23). The summed E-state index contributed by atoms with van der Waals surface area (Å²) in [5.74, 6) is 1.35. The molecule has 5 nitrogen and oxygen atoms in total. The number of aliphatic hydroxyl groups excluding tert-OH is 1. The molecule has 1 saturated carbocycles. The van der Waals surface area contributed by atoms with Crippen molar-refractivity contribution in [3.8, 4) is 5.75 Å². The second kappa shape index (κ2) is 7.01. The van der Waals surface area contributed by atoms with Crippen LogP contribution in [0.2, 0.25) is 0 Å². The first-order valence-electron chi connectivity index (χ1n) is 8.85. The number of nitrogens with zero attached hydrogens (tertiary/aromatic N) is 1. The van der Waals surface area contributed by atoms with Crippen LogP contribution in [0.5, 0.6) is 5.75 Å². The van der Waals surface area contributed by atoms with E-state index >= 15 is 0 Å².